The molecular formula is C26H44N4O5. The Kier molecular flexibility index (Phi) is 13.4. The summed E-state index contributed by atoms with van der Waals surface area (Å²) in [5.74, 6) is 0.574. The monoisotopic (exact) mass is 492 g/mol. The Morgan fingerprint density at radius 1 is 1.14 bits per heavy atom. The molecule has 2 heterocycles. The van der Waals surface area contributed by atoms with Crippen molar-refractivity contribution in [2.45, 2.75) is 77.4 Å². The number of nitrogens with zero attached hydrogens (tertiary/aromatic N) is 2. The molecule has 0 bridgehead atoms. The van der Waals surface area contributed by atoms with Crippen LogP contribution >= 0.6 is 0 Å². The Morgan fingerprint density at radius 2 is 1.94 bits per heavy atom. The second-order valence-electron chi connectivity index (χ2n) is 8.98. The first-order valence-corrected chi connectivity index (χ1v) is 13.0. The number of aromatic nitrogens is 1. The molecule has 0 aliphatic carbocycles. The first-order chi connectivity index (χ1) is 17.0. The number of nitrogens with one attached hydrogen (secondary N) is 2. The first-order valence-electron chi connectivity index (χ1n) is 13.0. The number of ether oxygens (including phenoxy) is 3. The number of carbonyl (C=O) groups excluding carboxylic acids is 2. The van der Waals surface area contributed by atoms with E-state index in [1.165, 1.54) is 12.7 Å². The molecule has 1 aromatic rings. The van der Waals surface area contributed by atoms with Crippen molar-refractivity contribution in [1.29, 1.82) is 0 Å². The average Bonchev–Trinajstić information content (AvgIpc) is 2.89. The van der Waals surface area contributed by atoms with Gasteiger partial charge in [-0.15, -0.1) is 0 Å². The summed E-state index contributed by atoms with van der Waals surface area (Å²) >= 11 is 0. The van der Waals surface area contributed by atoms with Crippen molar-refractivity contribution < 1.29 is 23.8 Å². The van der Waals surface area contributed by atoms with Crippen molar-refractivity contribution in [3.05, 3.63) is 23.4 Å². The van der Waals surface area contributed by atoms with Crippen LogP contribution in [-0.4, -0.2) is 81.1 Å². The maximum absolute atomic E-state index is 12.3. The number of aryl methyl sites for hydroxylation is 2. The molecule has 2 N–H and O–H groups in total. The summed E-state index contributed by atoms with van der Waals surface area (Å²) in [4.78, 5) is 31.6. The lowest BCUT2D eigenvalue weighted by molar-refractivity contribution is -0.143. The fraction of sp³-hybridized carbons (Fsp3) is 0.731. The van der Waals surface area contributed by atoms with Crippen molar-refractivity contribution in [3.63, 3.8) is 0 Å². The summed E-state index contributed by atoms with van der Waals surface area (Å²) in [6.45, 7) is 7.79. The molecular weight excluding hydrogens is 448 g/mol. The zero-order valence-corrected chi connectivity index (χ0v) is 21.9. The van der Waals surface area contributed by atoms with E-state index in [1.54, 1.807) is 7.11 Å². The average molecular weight is 493 g/mol. The fourth-order valence-electron chi connectivity index (χ4n) is 4.19. The third-order valence-electron chi connectivity index (χ3n) is 6.42. The lowest BCUT2D eigenvalue weighted by Gasteiger charge is -2.25. The number of hydrogen-bond donors (Lipinski definition) is 2. The number of fused-ring (bicyclic) bond motifs is 1. The lowest BCUT2D eigenvalue weighted by Crippen LogP contribution is -2.45. The number of hydrogen-bond acceptors (Lipinski definition) is 8. The molecule has 1 aliphatic heterocycles. The molecule has 0 radical (unpaired) electrons. The molecule has 198 valence electrons. The van der Waals surface area contributed by atoms with E-state index in [1.807, 2.05) is 13.8 Å². The van der Waals surface area contributed by atoms with Gasteiger partial charge in [0.1, 0.15) is 18.0 Å². The number of unbranched alkanes of at least 4 members (excludes halogenated alkanes) is 1. The largest absolute Gasteiger partial charge is 0.467 e. The molecule has 0 saturated carbocycles. The highest BCUT2D eigenvalue weighted by molar-refractivity contribution is 5.81. The van der Waals surface area contributed by atoms with Crippen molar-refractivity contribution in [3.8, 4) is 0 Å². The van der Waals surface area contributed by atoms with Gasteiger partial charge in [-0.2, -0.15) is 0 Å². The second kappa shape index (κ2) is 16.3. The standard InChI is InChI=1S/C26H44N4O5/c1-5-22(6-2)35-26(32)29-23(25(31)34-4)14-17-30(18-19-33-3)16-8-7-11-21-13-12-20-10-9-15-27-24(20)28-21/h12-13,22-23H,5-11,14-19H2,1-4H3,(H,27,28)(H,29,32). The Bertz CT molecular complexity index is 772. The molecule has 1 aromatic heterocycles. The third-order valence-corrected chi connectivity index (χ3v) is 6.42. The molecule has 1 unspecified atom stereocenters. The maximum atomic E-state index is 12.3. The second-order valence-corrected chi connectivity index (χ2v) is 8.98. The molecule has 1 atom stereocenters. The van der Waals surface area contributed by atoms with Crippen LogP contribution in [0, 0.1) is 0 Å². The van der Waals surface area contributed by atoms with Gasteiger partial charge in [-0.05, 0) is 69.5 Å². The van der Waals surface area contributed by atoms with Crippen LogP contribution < -0.4 is 10.6 Å². The van der Waals surface area contributed by atoms with Gasteiger partial charge < -0.3 is 29.7 Å². The summed E-state index contributed by atoms with van der Waals surface area (Å²) in [7, 11) is 3.01. The van der Waals surface area contributed by atoms with E-state index in [0.29, 0.717) is 19.6 Å². The molecule has 0 fully saturated rings. The lowest BCUT2D eigenvalue weighted by atomic mass is 10.1. The molecule has 9 nitrogen and oxygen atoms in total. The van der Waals surface area contributed by atoms with Gasteiger partial charge >= 0.3 is 12.1 Å². The minimum Gasteiger partial charge on any atom is -0.467 e. The van der Waals surface area contributed by atoms with Gasteiger partial charge in [0.25, 0.3) is 0 Å². The van der Waals surface area contributed by atoms with Gasteiger partial charge in [0.05, 0.1) is 13.7 Å². The fourth-order valence-corrected chi connectivity index (χ4v) is 4.19. The van der Waals surface area contributed by atoms with Gasteiger partial charge in [0, 0.05) is 32.4 Å². The van der Waals surface area contributed by atoms with Crippen LogP contribution in [0.3, 0.4) is 0 Å². The molecule has 0 spiro atoms. The summed E-state index contributed by atoms with van der Waals surface area (Å²) < 4.78 is 15.6. The summed E-state index contributed by atoms with van der Waals surface area (Å²) in [5, 5.41) is 6.08. The van der Waals surface area contributed by atoms with Crippen LogP contribution in [-0.2, 0) is 31.8 Å². The quantitative estimate of drug-likeness (QED) is 0.267. The normalized spacial score (nSPS) is 13.8. The molecule has 2 rings (SSSR count). The van der Waals surface area contributed by atoms with Crippen LogP contribution in [0.5, 0.6) is 0 Å². The van der Waals surface area contributed by atoms with Crippen LogP contribution in [0.1, 0.15) is 63.6 Å². The van der Waals surface area contributed by atoms with Gasteiger partial charge in [-0.25, -0.2) is 14.6 Å². The van der Waals surface area contributed by atoms with Crippen LogP contribution in [0.15, 0.2) is 12.1 Å². The zero-order chi connectivity index (χ0) is 25.5. The number of alkyl carbamates (subject to hydrolysis) is 1. The number of amides is 1. The van der Waals surface area contributed by atoms with Crippen LogP contribution in [0.4, 0.5) is 10.6 Å². The topological polar surface area (TPSA) is 102 Å². The highest BCUT2D eigenvalue weighted by Crippen LogP contribution is 2.20. The molecule has 35 heavy (non-hydrogen) atoms. The highest BCUT2D eigenvalue weighted by Gasteiger charge is 2.24. The van der Waals surface area contributed by atoms with E-state index < -0.39 is 18.1 Å². The Labute approximate surface area is 210 Å². The number of carbonyl (C=O) groups is 2. The first kappa shape index (κ1) is 28.8. The van der Waals surface area contributed by atoms with Gasteiger partial charge in [0.15, 0.2) is 0 Å². The predicted octanol–water partition coefficient (Wildman–Crippen LogP) is 3.56. The van der Waals surface area contributed by atoms with Crippen molar-refractivity contribution >= 4 is 17.9 Å². The summed E-state index contributed by atoms with van der Waals surface area (Å²) in [5.41, 5.74) is 2.43. The third kappa shape index (κ3) is 10.4. The Hall–Kier alpha value is -2.39. The number of esters is 1. The number of anilines is 1. The SMILES string of the molecule is CCC(CC)OC(=O)NC(CCN(CCCCc1ccc2c(n1)NCCC2)CCOC)C(=O)OC. The van der Waals surface area contributed by atoms with Gasteiger partial charge in [0.2, 0.25) is 0 Å². The van der Waals surface area contributed by atoms with E-state index in [-0.39, 0.29) is 6.10 Å². The van der Waals surface area contributed by atoms with Crippen molar-refractivity contribution in [1.82, 2.24) is 15.2 Å². The van der Waals surface area contributed by atoms with E-state index >= 15 is 0 Å². The number of rotatable bonds is 16. The van der Waals surface area contributed by atoms with Crippen LogP contribution in [0.25, 0.3) is 0 Å². The van der Waals surface area contributed by atoms with Crippen LogP contribution in [0.2, 0.25) is 0 Å². The van der Waals surface area contributed by atoms with E-state index in [2.05, 4.69) is 27.7 Å². The zero-order valence-electron chi connectivity index (χ0n) is 21.9. The Morgan fingerprint density at radius 3 is 2.66 bits per heavy atom. The van der Waals surface area contributed by atoms with Crippen molar-refractivity contribution in [2.24, 2.45) is 0 Å². The minimum absolute atomic E-state index is 0.160. The molecule has 0 saturated heterocycles. The van der Waals surface area contributed by atoms with E-state index in [4.69, 9.17) is 19.2 Å². The van der Waals surface area contributed by atoms with E-state index in [0.717, 1.165) is 76.1 Å². The molecule has 1 amide bonds. The van der Waals surface area contributed by atoms with Gasteiger partial charge in [-0.3, -0.25) is 0 Å². The minimum atomic E-state index is -0.751. The molecule has 1 aliphatic rings. The number of pyridine rings is 1. The molecule has 0 aromatic carbocycles. The summed E-state index contributed by atoms with van der Waals surface area (Å²) in [6.07, 6.45) is 6.38. The molecule has 9 heteroatoms. The summed E-state index contributed by atoms with van der Waals surface area (Å²) in [6, 6.07) is 3.59. The number of methoxy groups -OCH3 is 2. The maximum Gasteiger partial charge on any atom is 0.408 e. The highest BCUT2D eigenvalue weighted by atomic mass is 16.6. The predicted molar refractivity (Wildman–Crippen MR) is 137 cm³/mol. The smallest absolute Gasteiger partial charge is 0.408 e. The van der Waals surface area contributed by atoms with E-state index in [9.17, 15) is 9.59 Å². The van der Waals surface area contributed by atoms with Crippen molar-refractivity contribution in [2.75, 3.05) is 52.3 Å². The Balaban J connectivity index is 1.83. The van der Waals surface area contributed by atoms with Gasteiger partial charge in [-0.1, -0.05) is 19.9 Å².